The van der Waals surface area contributed by atoms with E-state index in [1.807, 2.05) is 4.90 Å². The third-order valence-electron chi connectivity index (χ3n) is 4.76. The van der Waals surface area contributed by atoms with Gasteiger partial charge in [-0.2, -0.15) is 0 Å². The molecular weight excluding hydrogens is 366 g/mol. The quantitative estimate of drug-likeness (QED) is 0.448. The molecule has 0 radical (unpaired) electrons. The summed E-state index contributed by atoms with van der Waals surface area (Å²) in [6.45, 7) is 2.07. The Bertz CT molecular complexity index is 840. The largest absolute Gasteiger partial charge is 0.481 e. The number of nitrogens with zero attached hydrogens (tertiary/aromatic N) is 2. The summed E-state index contributed by atoms with van der Waals surface area (Å²) in [4.78, 5) is 18.6. The number of hydrogen-bond acceptors (Lipinski definition) is 4. The van der Waals surface area contributed by atoms with Crippen molar-refractivity contribution in [2.24, 2.45) is 11.1 Å². The first-order valence-corrected chi connectivity index (χ1v) is 9.20. The van der Waals surface area contributed by atoms with Crippen LogP contribution in [0.1, 0.15) is 24.0 Å². The van der Waals surface area contributed by atoms with Gasteiger partial charge >= 0.3 is 5.97 Å². The molecule has 148 valence electrons. The van der Waals surface area contributed by atoms with Gasteiger partial charge in [-0.05, 0) is 55.8 Å². The van der Waals surface area contributed by atoms with Crippen LogP contribution in [0.2, 0.25) is 0 Å². The van der Waals surface area contributed by atoms with Crippen LogP contribution in [0.25, 0.3) is 0 Å². The van der Waals surface area contributed by atoms with E-state index in [1.54, 1.807) is 18.2 Å². The Hall–Kier alpha value is -2.80. The van der Waals surface area contributed by atoms with Crippen LogP contribution in [0.15, 0.2) is 53.7 Å². The monoisotopic (exact) mass is 388 g/mol. The van der Waals surface area contributed by atoms with Crippen molar-refractivity contribution in [3.8, 4) is 0 Å². The summed E-state index contributed by atoms with van der Waals surface area (Å²) in [5, 5.41) is 13.3. The summed E-state index contributed by atoms with van der Waals surface area (Å²) in [7, 11) is 0. The maximum atomic E-state index is 14.2. The lowest BCUT2D eigenvalue weighted by Crippen LogP contribution is -2.40. The maximum Gasteiger partial charge on any atom is 0.307 e. The molecular formula is C21H22F2N2O3. The van der Waals surface area contributed by atoms with Gasteiger partial charge in [0.15, 0.2) is 0 Å². The van der Waals surface area contributed by atoms with E-state index in [9.17, 15) is 13.6 Å². The Balaban J connectivity index is 1.69. The van der Waals surface area contributed by atoms with E-state index in [-0.39, 0.29) is 23.8 Å². The van der Waals surface area contributed by atoms with Crippen LogP contribution in [0.3, 0.4) is 0 Å². The summed E-state index contributed by atoms with van der Waals surface area (Å²) >= 11 is 0. The average molecular weight is 388 g/mol. The van der Waals surface area contributed by atoms with E-state index in [0.29, 0.717) is 25.1 Å². The van der Waals surface area contributed by atoms with Crippen LogP contribution >= 0.6 is 0 Å². The van der Waals surface area contributed by atoms with Crippen molar-refractivity contribution in [1.29, 1.82) is 0 Å². The molecule has 3 rings (SSSR count). The van der Waals surface area contributed by atoms with Gasteiger partial charge in [0.25, 0.3) is 0 Å². The maximum absolute atomic E-state index is 14.2. The molecule has 1 aliphatic rings. The highest BCUT2D eigenvalue weighted by atomic mass is 19.1. The number of aliphatic carboxylic acids is 1. The van der Waals surface area contributed by atoms with Gasteiger partial charge in [-0.1, -0.05) is 17.3 Å². The predicted molar refractivity (Wildman–Crippen MR) is 101 cm³/mol. The molecule has 0 aliphatic carbocycles. The second kappa shape index (κ2) is 9.41. The molecule has 1 N–H and O–H groups in total. The number of rotatable bonds is 7. The zero-order valence-electron chi connectivity index (χ0n) is 15.4. The Morgan fingerprint density at radius 2 is 1.93 bits per heavy atom. The zero-order chi connectivity index (χ0) is 19.9. The van der Waals surface area contributed by atoms with Crippen LogP contribution in [-0.4, -0.2) is 47.9 Å². The second-order valence-corrected chi connectivity index (χ2v) is 6.74. The van der Waals surface area contributed by atoms with Crippen molar-refractivity contribution in [1.82, 2.24) is 4.90 Å². The van der Waals surface area contributed by atoms with Crippen molar-refractivity contribution in [3.05, 3.63) is 71.3 Å². The molecule has 1 fully saturated rings. The van der Waals surface area contributed by atoms with E-state index >= 15 is 0 Å². The number of likely N-dealkylation sites (tertiary alicyclic amines) is 1. The molecule has 0 spiro atoms. The highest BCUT2D eigenvalue weighted by molar-refractivity contribution is 6.12. The second-order valence-electron chi connectivity index (χ2n) is 6.74. The van der Waals surface area contributed by atoms with E-state index in [0.717, 1.165) is 13.0 Å². The minimum Gasteiger partial charge on any atom is -0.481 e. The van der Waals surface area contributed by atoms with Crippen molar-refractivity contribution in [2.75, 3.05) is 26.2 Å². The Kier molecular flexibility index (Phi) is 6.71. The van der Waals surface area contributed by atoms with E-state index in [2.05, 4.69) is 5.16 Å². The number of halogens is 2. The van der Waals surface area contributed by atoms with Crippen molar-refractivity contribution in [3.63, 3.8) is 0 Å². The van der Waals surface area contributed by atoms with Gasteiger partial charge in [0.1, 0.15) is 24.0 Å². The SMILES string of the molecule is O=C(O)[C@@H]1CCCN(CCO/N=C(\c2ccc(F)cc2)c2ccccc2F)C1. The van der Waals surface area contributed by atoms with Crippen LogP contribution < -0.4 is 0 Å². The van der Waals surface area contributed by atoms with Gasteiger partial charge in [-0.15, -0.1) is 0 Å². The average Bonchev–Trinajstić information content (AvgIpc) is 2.70. The third kappa shape index (κ3) is 5.13. The highest BCUT2D eigenvalue weighted by Crippen LogP contribution is 2.17. The van der Waals surface area contributed by atoms with Gasteiger partial charge in [-0.25, -0.2) is 8.78 Å². The first-order valence-electron chi connectivity index (χ1n) is 9.20. The minimum atomic E-state index is -0.776. The summed E-state index contributed by atoms with van der Waals surface area (Å²) in [6.07, 6.45) is 1.52. The number of carboxylic acid groups (broad SMARTS) is 1. The Morgan fingerprint density at radius 1 is 1.18 bits per heavy atom. The van der Waals surface area contributed by atoms with Gasteiger partial charge in [-0.3, -0.25) is 9.69 Å². The molecule has 5 nitrogen and oxygen atoms in total. The predicted octanol–water partition coefficient (Wildman–Crippen LogP) is 3.53. The molecule has 2 aromatic rings. The number of carbonyl (C=O) groups is 1. The number of carboxylic acids is 1. The van der Waals surface area contributed by atoms with Gasteiger partial charge in [0, 0.05) is 24.2 Å². The number of benzene rings is 2. The fraction of sp³-hybridized carbons (Fsp3) is 0.333. The van der Waals surface area contributed by atoms with Gasteiger partial charge < -0.3 is 9.94 Å². The molecule has 0 aromatic heterocycles. The smallest absolute Gasteiger partial charge is 0.307 e. The van der Waals surface area contributed by atoms with Crippen molar-refractivity contribution in [2.45, 2.75) is 12.8 Å². The van der Waals surface area contributed by atoms with E-state index in [4.69, 9.17) is 9.94 Å². The Morgan fingerprint density at radius 3 is 2.64 bits per heavy atom. The molecule has 0 amide bonds. The first-order chi connectivity index (χ1) is 13.5. The fourth-order valence-corrected chi connectivity index (χ4v) is 3.26. The number of oxime groups is 1. The lowest BCUT2D eigenvalue weighted by molar-refractivity contribution is -0.143. The first kappa shape index (κ1) is 19.9. The molecule has 1 heterocycles. The van der Waals surface area contributed by atoms with Gasteiger partial charge in [0.05, 0.1) is 5.92 Å². The highest BCUT2D eigenvalue weighted by Gasteiger charge is 2.25. The number of hydrogen-bond donors (Lipinski definition) is 1. The fourth-order valence-electron chi connectivity index (χ4n) is 3.26. The molecule has 7 heteroatoms. The summed E-state index contributed by atoms with van der Waals surface area (Å²) in [6, 6.07) is 11.8. The summed E-state index contributed by atoms with van der Waals surface area (Å²) in [5.41, 5.74) is 1.08. The molecule has 0 bridgehead atoms. The van der Waals surface area contributed by atoms with Crippen molar-refractivity contribution >= 4 is 11.7 Å². The lowest BCUT2D eigenvalue weighted by Gasteiger charge is -2.29. The standard InChI is InChI=1S/C21H22F2N2O3/c22-17-9-7-15(8-10-17)20(18-5-1-2-6-19(18)23)24-28-13-12-25-11-3-4-16(14-25)21(26)27/h1-2,5-10,16H,3-4,11-14H2,(H,26,27)/b24-20+/t16-/m1/s1. The molecule has 1 aliphatic heterocycles. The molecule has 0 saturated carbocycles. The normalized spacial score (nSPS) is 18.1. The molecule has 28 heavy (non-hydrogen) atoms. The van der Waals surface area contributed by atoms with Crippen LogP contribution in [-0.2, 0) is 9.63 Å². The van der Waals surface area contributed by atoms with Crippen molar-refractivity contribution < 1.29 is 23.5 Å². The Labute approximate surface area is 162 Å². The third-order valence-corrected chi connectivity index (χ3v) is 4.76. The summed E-state index contributed by atoms with van der Waals surface area (Å²) < 4.78 is 27.5. The number of piperidine rings is 1. The van der Waals surface area contributed by atoms with Gasteiger partial charge in [0.2, 0.25) is 0 Å². The molecule has 2 aromatic carbocycles. The lowest BCUT2D eigenvalue weighted by atomic mass is 9.98. The zero-order valence-corrected chi connectivity index (χ0v) is 15.4. The molecule has 1 atom stereocenters. The summed E-state index contributed by atoms with van der Waals surface area (Å²) in [5.74, 6) is -1.97. The van der Waals surface area contributed by atoms with Crippen LogP contribution in [0.5, 0.6) is 0 Å². The molecule has 0 unspecified atom stereocenters. The molecule has 1 saturated heterocycles. The van der Waals surface area contributed by atoms with E-state index in [1.165, 1.54) is 30.3 Å². The van der Waals surface area contributed by atoms with E-state index < -0.39 is 17.6 Å². The van der Waals surface area contributed by atoms with Crippen LogP contribution in [0, 0.1) is 17.6 Å². The minimum absolute atomic E-state index is 0.242. The van der Waals surface area contributed by atoms with Crippen LogP contribution in [0.4, 0.5) is 8.78 Å². The topological polar surface area (TPSA) is 62.1 Å².